The van der Waals surface area contributed by atoms with Gasteiger partial charge in [0.1, 0.15) is 23.5 Å². The Morgan fingerprint density at radius 1 is 1.23 bits per heavy atom. The minimum Gasteiger partial charge on any atom is -0.336 e. The Balaban J connectivity index is 2.33. The van der Waals surface area contributed by atoms with Gasteiger partial charge in [-0.1, -0.05) is 11.6 Å². The van der Waals surface area contributed by atoms with E-state index in [4.69, 9.17) is 11.6 Å². The molecule has 0 radical (unpaired) electrons. The van der Waals surface area contributed by atoms with Crippen molar-refractivity contribution in [3.63, 3.8) is 0 Å². The number of halogens is 3. The second kappa shape index (κ2) is 8.22. The van der Waals surface area contributed by atoms with E-state index in [1.165, 1.54) is 7.05 Å². The summed E-state index contributed by atoms with van der Waals surface area (Å²) in [4.78, 5) is 20.1. The standard InChI is InChI=1S/C18H20ClF2N3OS/c1-10-5-11(2)22-17(6-10)24(9-26)12(3)18(25)23(4)16-7-13(19)14(20)8-15(16)21/h5-8,12,26H,9H2,1-4H3. The minimum atomic E-state index is -0.877. The number of nitrogens with zero attached hydrogens (tertiary/aromatic N) is 3. The maximum Gasteiger partial charge on any atom is 0.249 e. The van der Waals surface area contributed by atoms with Gasteiger partial charge in [-0.3, -0.25) is 4.79 Å². The number of carbonyl (C=O) groups is 1. The van der Waals surface area contributed by atoms with Gasteiger partial charge in [0.15, 0.2) is 0 Å². The van der Waals surface area contributed by atoms with Crippen LogP contribution in [-0.4, -0.2) is 29.9 Å². The van der Waals surface area contributed by atoms with Gasteiger partial charge in [-0.15, -0.1) is 0 Å². The van der Waals surface area contributed by atoms with Gasteiger partial charge in [0.25, 0.3) is 0 Å². The monoisotopic (exact) mass is 399 g/mol. The maximum absolute atomic E-state index is 14.1. The van der Waals surface area contributed by atoms with E-state index in [0.717, 1.165) is 22.2 Å². The molecule has 0 spiro atoms. The summed E-state index contributed by atoms with van der Waals surface area (Å²) >= 11 is 10.0. The number of anilines is 2. The van der Waals surface area contributed by atoms with E-state index in [0.29, 0.717) is 11.9 Å². The molecule has 0 saturated carbocycles. The summed E-state index contributed by atoms with van der Waals surface area (Å²) in [6.07, 6.45) is 0. The van der Waals surface area contributed by atoms with Crippen molar-refractivity contribution < 1.29 is 13.6 Å². The summed E-state index contributed by atoms with van der Waals surface area (Å²) < 4.78 is 27.4. The van der Waals surface area contributed by atoms with Crippen LogP contribution >= 0.6 is 24.2 Å². The predicted molar refractivity (Wildman–Crippen MR) is 104 cm³/mol. The summed E-state index contributed by atoms with van der Waals surface area (Å²) in [7, 11) is 1.41. The zero-order valence-corrected chi connectivity index (χ0v) is 16.6. The van der Waals surface area contributed by atoms with Crippen molar-refractivity contribution in [2.24, 2.45) is 0 Å². The van der Waals surface area contributed by atoms with Crippen LogP contribution < -0.4 is 9.80 Å². The number of hydrogen-bond acceptors (Lipinski definition) is 4. The van der Waals surface area contributed by atoms with Crippen molar-refractivity contribution in [1.29, 1.82) is 0 Å². The first kappa shape index (κ1) is 20.5. The SMILES string of the molecule is Cc1cc(C)nc(N(CS)C(C)C(=O)N(C)c2cc(Cl)c(F)cc2F)c1. The molecule has 4 nitrogen and oxygen atoms in total. The molecule has 1 amide bonds. The lowest BCUT2D eigenvalue weighted by atomic mass is 10.2. The Morgan fingerprint density at radius 3 is 2.46 bits per heavy atom. The van der Waals surface area contributed by atoms with E-state index < -0.39 is 23.6 Å². The summed E-state index contributed by atoms with van der Waals surface area (Å²) in [5.41, 5.74) is 1.72. The molecule has 0 aliphatic heterocycles. The molecule has 0 bridgehead atoms. The second-order valence-electron chi connectivity index (χ2n) is 6.05. The van der Waals surface area contributed by atoms with Crippen LogP contribution in [0.15, 0.2) is 24.3 Å². The summed E-state index contributed by atoms with van der Waals surface area (Å²) in [6.45, 7) is 5.47. The number of aromatic nitrogens is 1. The van der Waals surface area contributed by atoms with E-state index in [2.05, 4.69) is 17.6 Å². The van der Waals surface area contributed by atoms with Gasteiger partial charge in [-0.2, -0.15) is 12.6 Å². The van der Waals surface area contributed by atoms with Crippen molar-refractivity contribution in [2.75, 3.05) is 22.7 Å². The number of pyridine rings is 1. The summed E-state index contributed by atoms with van der Waals surface area (Å²) in [5, 5.41) is -0.254. The highest BCUT2D eigenvalue weighted by molar-refractivity contribution is 7.80. The van der Waals surface area contributed by atoms with Crippen LogP contribution in [0, 0.1) is 25.5 Å². The van der Waals surface area contributed by atoms with Crippen LogP contribution in [0.3, 0.4) is 0 Å². The molecule has 0 aliphatic carbocycles. The highest BCUT2D eigenvalue weighted by Crippen LogP contribution is 2.27. The third kappa shape index (κ3) is 4.27. The molecule has 1 atom stereocenters. The van der Waals surface area contributed by atoms with Gasteiger partial charge in [0.05, 0.1) is 16.6 Å². The normalized spacial score (nSPS) is 12.0. The average molecular weight is 400 g/mol. The quantitative estimate of drug-likeness (QED) is 0.460. The van der Waals surface area contributed by atoms with E-state index >= 15 is 0 Å². The van der Waals surface area contributed by atoms with E-state index in [1.807, 2.05) is 26.0 Å². The highest BCUT2D eigenvalue weighted by atomic mass is 35.5. The molecule has 1 heterocycles. The predicted octanol–water partition coefficient (Wildman–Crippen LogP) is 4.38. The molecule has 2 aromatic rings. The number of likely N-dealkylation sites (N-methyl/N-ethyl adjacent to an activating group) is 1. The number of thiol groups is 1. The van der Waals surface area contributed by atoms with E-state index in [-0.39, 0.29) is 16.6 Å². The number of aryl methyl sites for hydroxylation is 2. The largest absolute Gasteiger partial charge is 0.336 e. The molecule has 1 aromatic heterocycles. The fourth-order valence-corrected chi connectivity index (χ4v) is 3.21. The maximum atomic E-state index is 14.1. The van der Waals surface area contributed by atoms with Crippen LogP contribution in [0.1, 0.15) is 18.2 Å². The molecule has 140 valence electrons. The molecule has 1 aromatic carbocycles. The molecule has 0 N–H and O–H groups in total. The lowest BCUT2D eigenvalue weighted by molar-refractivity contribution is -0.119. The zero-order valence-electron chi connectivity index (χ0n) is 14.9. The fraction of sp³-hybridized carbons (Fsp3) is 0.333. The third-order valence-corrected chi connectivity index (χ3v) is 4.63. The van der Waals surface area contributed by atoms with Crippen molar-refractivity contribution in [3.8, 4) is 0 Å². The molecule has 0 aliphatic rings. The number of carbonyl (C=O) groups excluding carboxylic acids is 1. The number of hydrogen-bond donors (Lipinski definition) is 1. The molecule has 2 rings (SSSR count). The highest BCUT2D eigenvalue weighted by Gasteiger charge is 2.27. The van der Waals surface area contributed by atoms with Crippen molar-refractivity contribution in [1.82, 2.24) is 4.98 Å². The van der Waals surface area contributed by atoms with Crippen molar-refractivity contribution in [2.45, 2.75) is 26.8 Å². The van der Waals surface area contributed by atoms with Crippen LogP contribution in [0.25, 0.3) is 0 Å². The Bertz CT molecular complexity index is 814. The van der Waals surface area contributed by atoms with Crippen LogP contribution in [-0.2, 0) is 4.79 Å². The minimum absolute atomic E-state index is 0.0965. The van der Waals surface area contributed by atoms with Crippen LogP contribution in [0.5, 0.6) is 0 Å². The molecule has 26 heavy (non-hydrogen) atoms. The Kier molecular flexibility index (Phi) is 6.47. The molecule has 0 saturated heterocycles. The average Bonchev–Trinajstić information content (AvgIpc) is 2.56. The molecule has 1 unspecified atom stereocenters. The third-order valence-electron chi connectivity index (χ3n) is 4.04. The number of amides is 1. The second-order valence-corrected chi connectivity index (χ2v) is 6.74. The van der Waals surface area contributed by atoms with E-state index in [9.17, 15) is 13.6 Å². The lowest BCUT2D eigenvalue weighted by Crippen LogP contribution is -2.46. The van der Waals surface area contributed by atoms with Gasteiger partial charge in [-0.05, 0) is 44.5 Å². The first-order chi connectivity index (χ1) is 12.1. The van der Waals surface area contributed by atoms with Gasteiger partial charge in [0.2, 0.25) is 5.91 Å². The topological polar surface area (TPSA) is 36.4 Å². The van der Waals surface area contributed by atoms with Gasteiger partial charge in [0, 0.05) is 18.8 Å². The smallest absolute Gasteiger partial charge is 0.249 e. The first-order valence-corrected chi connectivity index (χ1v) is 8.91. The summed E-state index contributed by atoms with van der Waals surface area (Å²) in [5.74, 6) is -1.30. The van der Waals surface area contributed by atoms with Gasteiger partial charge >= 0.3 is 0 Å². The molecular weight excluding hydrogens is 380 g/mol. The van der Waals surface area contributed by atoms with Crippen LogP contribution in [0.4, 0.5) is 20.3 Å². The zero-order chi connectivity index (χ0) is 19.6. The van der Waals surface area contributed by atoms with Crippen molar-refractivity contribution in [3.05, 3.63) is 52.2 Å². The molecular formula is C18H20ClF2N3OS. The van der Waals surface area contributed by atoms with Gasteiger partial charge in [-0.25, -0.2) is 13.8 Å². The first-order valence-electron chi connectivity index (χ1n) is 7.90. The summed E-state index contributed by atoms with van der Waals surface area (Å²) in [6, 6.07) is 4.86. The molecule has 0 fully saturated rings. The number of rotatable bonds is 5. The Labute approximate surface area is 162 Å². The Hall–Kier alpha value is -1.86. The van der Waals surface area contributed by atoms with E-state index in [1.54, 1.807) is 11.8 Å². The Morgan fingerprint density at radius 2 is 1.88 bits per heavy atom. The van der Waals surface area contributed by atoms with Crippen LogP contribution in [0.2, 0.25) is 5.02 Å². The lowest BCUT2D eigenvalue weighted by Gasteiger charge is -2.31. The van der Waals surface area contributed by atoms with Crippen molar-refractivity contribution >= 4 is 41.6 Å². The fourth-order valence-electron chi connectivity index (χ4n) is 2.66. The number of benzene rings is 1. The van der Waals surface area contributed by atoms with Gasteiger partial charge < -0.3 is 9.80 Å². The molecule has 8 heteroatoms.